The second-order valence-corrected chi connectivity index (χ2v) is 4.80. The molecule has 0 aliphatic carbocycles. The monoisotopic (exact) mass is 279 g/mol. The summed E-state index contributed by atoms with van der Waals surface area (Å²) in [6, 6.07) is 11.9. The Morgan fingerprint density at radius 1 is 1.19 bits per heavy atom. The Kier molecular flexibility index (Phi) is 5.27. The van der Waals surface area contributed by atoms with E-state index in [4.69, 9.17) is 0 Å². The third kappa shape index (κ3) is 4.02. The molecule has 0 aliphatic rings. The van der Waals surface area contributed by atoms with Crippen LogP contribution >= 0.6 is 0 Å². The van der Waals surface area contributed by atoms with Crippen LogP contribution in [0.25, 0.3) is 11.4 Å². The van der Waals surface area contributed by atoms with Gasteiger partial charge in [-0.2, -0.15) is 0 Å². The van der Waals surface area contributed by atoms with Crippen LogP contribution in [0.4, 0.5) is 5.82 Å². The summed E-state index contributed by atoms with van der Waals surface area (Å²) >= 11 is 0. The maximum Gasteiger partial charge on any atom is 0.161 e. The van der Waals surface area contributed by atoms with E-state index in [1.54, 1.807) is 6.20 Å². The molecule has 0 spiro atoms. The Hall–Kier alpha value is -2.42. The van der Waals surface area contributed by atoms with Gasteiger partial charge in [0.05, 0.1) is 0 Å². The van der Waals surface area contributed by atoms with Crippen molar-refractivity contribution in [3.05, 3.63) is 66.0 Å². The zero-order valence-corrected chi connectivity index (χ0v) is 12.8. The lowest BCUT2D eigenvalue weighted by Gasteiger charge is -2.11. The van der Waals surface area contributed by atoms with Gasteiger partial charge in [-0.1, -0.05) is 48.9 Å². The highest BCUT2D eigenvalue weighted by Crippen LogP contribution is 2.18. The average Bonchev–Trinajstić information content (AvgIpc) is 2.55. The van der Waals surface area contributed by atoms with Crippen LogP contribution in [0.1, 0.15) is 27.2 Å². The number of nitrogens with zero attached hydrogens (tertiary/aromatic N) is 2. The Morgan fingerprint density at radius 3 is 2.62 bits per heavy atom. The minimum atomic E-state index is 0.731. The Labute approximate surface area is 126 Å². The minimum Gasteiger partial charge on any atom is -0.340 e. The smallest absolute Gasteiger partial charge is 0.161 e. The van der Waals surface area contributed by atoms with E-state index >= 15 is 0 Å². The molecule has 21 heavy (non-hydrogen) atoms. The predicted molar refractivity (Wildman–Crippen MR) is 88.9 cm³/mol. The van der Waals surface area contributed by atoms with Gasteiger partial charge in [0.15, 0.2) is 5.82 Å². The molecule has 0 atom stereocenters. The molecule has 0 saturated carbocycles. The summed E-state index contributed by atoms with van der Waals surface area (Å²) < 4.78 is 0. The molecule has 3 heteroatoms. The van der Waals surface area contributed by atoms with Crippen LogP contribution in [-0.4, -0.2) is 9.97 Å². The number of anilines is 1. The van der Waals surface area contributed by atoms with Crippen molar-refractivity contribution in [3.8, 4) is 11.4 Å². The number of allylic oxidation sites excluding steroid dienone is 3. The topological polar surface area (TPSA) is 37.8 Å². The van der Waals surface area contributed by atoms with Crippen LogP contribution in [0.15, 0.2) is 66.0 Å². The molecule has 2 rings (SSSR count). The highest BCUT2D eigenvalue weighted by Gasteiger charge is 2.04. The van der Waals surface area contributed by atoms with Crippen molar-refractivity contribution in [3.63, 3.8) is 0 Å². The molecular formula is C18H21N3. The van der Waals surface area contributed by atoms with Crippen molar-refractivity contribution in [2.75, 3.05) is 5.32 Å². The maximum absolute atomic E-state index is 4.59. The third-order valence-electron chi connectivity index (χ3n) is 3.27. The van der Waals surface area contributed by atoms with Gasteiger partial charge in [0, 0.05) is 17.5 Å². The fourth-order valence-corrected chi connectivity index (χ4v) is 1.94. The van der Waals surface area contributed by atoms with Crippen LogP contribution in [0, 0.1) is 0 Å². The first-order chi connectivity index (χ1) is 10.2. The fraction of sp³-hybridized carbons (Fsp3) is 0.222. The van der Waals surface area contributed by atoms with E-state index < -0.39 is 0 Å². The Bertz CT molecular complexity index is 643. The van der Waals surface area contributed by atoms with Gasteiger partial charge in [-0.3, -0.25) is 0 Å². The van der Waals surface area contributed by atoms with E-state index in [1.165, 1.54) is 5.57 Å². The van der Waals surface area contributed by atoms with Crippen molar-refractivity contribution in [2.24, 2.45) is 0 Å². The lowest BCUT2D eigenvalue weighted by Crippen LogP contribution is -2.03. The van der Waals surface area contributed by atoms with E-state index in [-0.39, 0.29) is 0 Å². The van der Waals surface area contributed by atoms with Crippen molar-refractivity contribution in [2.45, 2.75) is 27.2 Å². The number of benzene rings is 1. The second kappa shape index (κ2) is 7.39. The van der Waals surface area contributed by atoms with Crippen LogP contribution in [0.3, 0.4) is 0 Å². The van der Waals surface area contributed by atoms with Crippen molar-refractivity contribution in [1.82, 2.24) is 9.97 Å². The molecule has 0 aliphatic heterocycles. The van der Waals surface area contributed by atoms with E-state index in [9.17, 15) is 0 Å². The lowest BCUT2D eigenvalue weighted by atomic mass is 10.1. The predicted octanol–water partition coefficient (Wildman–Crippen LogP) is 4.82. The summed E-state index contributed by atoms with van der Waals surface area (Å²) in [6.45, 7) is 6.29. The number of aromatic nitrogens is 2. The molecule has 1 aromatic heterocycles. The SMILES string of the molecule is C/C=C/C(Nc1ccnc(-c2ccccc2)n1)=C(\C)CC. The first-order valence-electron chi connectivity index (χ1n) is 7.22. The van der Waals surface area contributed by atoms with E-state index in [2.05, 4.69) is 35.2 Å². The fourth-order valence-electron chi connectivity index (χ4n) is 1.94. The van der Waals surface area contributed by atoms with Crippen LogP contribution in [-0.2, 0) is 0 Å². The maximum atomic E-state index is 4.59. The van der Waals surface area contributed by atoms with Crippen LogP contribution < -0.4 is 5.32 Å². The molecule has 2 aromatic rings. The van der Waals surface area contributed by atoms with E-state index in [0.29, 0.717) is 0 Å². The van der Waals surface area contributed by atoms with Gasteiger partial charge in [-0.15, -0.1) is 0 Å². The van der Waals surface area contributed by atoms with Gasteiger partial charge >= 0.3 is 0 Å². The standard InChI is InChI=1S/C18H21N3/c1-4-9-16(14(3)5-2)20-17-12-13-19-18(21-17)15-10-7-6-8-11-15/h4,6-13H,5H2,1-3H3,(H,19,20,21)/b9-4+,16-14-. The highest BCUT2D eigenvalue weighted by molar-refractivity contribution is 5.57. The van der Waals surface area contributed by atoms with Gasteiger partial charge in [-0.05, 0) is 32.4 Å². The molecule has 108 valence electrons. The summed E-state index contributed by atoms with van der Waals surface area (Å²) in [7, 11) is 0. The molecule has 3 nitrogen and oxygen atoms in total. The Morgan fingerprint density at radius 2 is 1.95 bits per heavy atom. The molecule has 1 aromatic carbocycles. The van der Waals surface area contributed by atoms with Crippen LogP contribution in [0.5, 0.6) is 0 Å². The molecule has 0 fully saturated rings. The van der Waals surface area contributed by atoms with Gasteiger partial charge < -0.3 is 5.32 Å². The molecule has 0 radical (unpaired) electrons. The van der Waals surface area contributed by atoms with Gasteiger partial charge in [-0.25, -0.2) is 9.97 Å². The quantitative estimate of drug-likeness (QED) is 0.798. The van der Waals surface area contributed by atoms with E-state index in [1.807, 2.05) is 49.4 Å². The zero-order valence-electron chi connectivity index (χ0n) is 12.8. The number of nitrogens with one attached hydrogen (secondary N) is 1. The van der Waals surface area contributed by atoms with Crippen LogP contribution in [0.2, 0.25) is 0 Å². The van der Waals surface area contributed by atoms with Gasteiger partial charge in [0.2, 0.25) is 0 Å². The average molecular weight is 279 g/mol. The normalized spacial score (nSPS) is 12.3. The molecule has 0 bridgehead atoms. The molecule has 0 unspecified atom stereocenters. The zero-order chi connectivity index (χ0) is 15.1. The molecule has 1 heterocycles. The summed E-state index contributed by atoms with van der Waals surface area (Å²) in [5.74, 6) is 1.54. The first kappa shape index (κ1) is 15.0. The molecule has 0 saturated heterocycles. The highest BCUT2D eigenvalue weighted by atomic mass is 15.0. The third-order valence-corrected chi connectivity index (χ3v) is 3.27. The summed E-state index contributed by atoms with van der Waals surface area (Å²) in [6.07, 6.45) is 6.89. The van der Waals surface area contributed by atoms with Crippen molar-refractivity contribution < 1.29 is 0 Å². The summed E-state index contributed by atoms with van der Waals surface area (Å²) in [5, 5.41) is 3.38. The number of hydrogen-bond acceptors (Lipinski definition) is 3. The lowest BCUT2D eigenvalue weighted by molar-refractivity contribution is 1.06. The van der Waals surface area contributed by atoms with Gasteiger partial charge in [0.1, 0.15) is 5.82 Å². The summed E-state index contributed by atoms with van der Waals surface area (Å²) in [4.78, 5) is 8.93. The van der Waals surface area contributed by atoms with E-state index in [0.717, 1.165) is 29.3 Å². The second-order valence-electron chi connectivity index (χ2n) is 4.80. The number of hydrogen-bond donors (Lipinski definition) is 1. The molecular weight excluding hydrogens is 258 g/mol. The molecule has 1 N–H and O–H groups in total. The number of rotatable bonds is 5. The van der Waals surface area contributed by atoms with Gasteiger partial charge in [0.25, 0.3) is 0 Å². The summed E-state index contributed by atoms with van der Waals surface area (Å²) in [5.41, 5.74) is 3.41. The van der Waals surface area contributed by atoms with Crippen molar-refractivity contribution in [1.29, 1.82) is 0 Å². The van der Waals surface area contributed by atoms with Crippen molar-refractivity contribution >= 4 is 5.82 Å². The minimum absolute atomic E-state index is 0.731. The molecule has 0 amide bonds. The largest absolute Gasteiger partial charge is 0.340 e. The Balaban J connectivity index is 2.30. The first-order valence-corrected chi connectivity index (χ1v) is 7.22.